The second kappa shape index (κ2) is 6.36. The molecule has 132 valence electrons. The predicted molar refractivity (Wildman–Crippen MR) is 101 cm³/mol. The highest BCUT2D eigenvalue weighted by Gasteiger charge is 2.58. The fourth-order valence-corrected chi connectivity index (χ4v) is 7.44. The Morgan fingerprint density at radius 1 is 1.33 bits per heavy atom. The van der Waals surface area contributed by atoms with Crippen molar-refractivity contribution < 1.29 is 0 Å². The largest absolute Gasteiger partial charge is 0.193 e. The Morgan fingerprint density at radius 2 is 2.08 bits per heavy atom. The van der Waals surface area contributed by atoms with Gasteiger partial charge in [0.25, 0.3) is 0 Å². The Morgan fingerprint density at radius 3 is 2.71 bits per heavy atom. The highest BCUT2D eigenvalue weighted by atomic mass is 14.6. The molecule has 0 N–H and O–H groups in total. The molecule has 0 aliphatic heterocycles. The molecule has 0 spiro atoms. The van der Waals surface area contributed by atoms with Crippen molar-refractivity contribution in [1.82, 2.24) is 0 Å². The van der Waals surface area contributed by atoms with E-state index in [0.717, 1.165) is 30.1 Å². The summed E-state index contributed by atoms with van der Waals surface area (Å²) in [7, 11) is 0. The molecule has 1 heteroatoms. The third-order valence-electron chi connectivity index (χ3n) is 8.11. The maximum absolute atomic E-state index is 9.21. The summed E-state index contributed by atoms with van der Waals surface area (Å²) in [5.41, 5.74) is 3.85. The molecule has 0 bridgehead atoms. The van der Waals surface area contributed by atoms with Crippen molar-refractivity contribution in [3.8, 4) is 6.07 Å². The van der Waals surface area contributed by atoms with Gasteiger partial charge in [0.05, 0.1) is 6.07 Å². The molecule has 0 aromatic heterocycles. The summed E-state index contributed by atoms with van der Waals surface area (Å²) < 4.78 is 0. The van der Waals surface area contributed by atoms with Gasteiger partial charge in [-0.2, -0.15) is 5.26 Å². The fourth-order valence-electron chi connectivity index (χ4n) is 7.44. The molecule has 3 rings (SSSR count). The van der Waals surface area contributed by atoms with Crippen molar-refractivity contribution >= 4 is 0 Å². The van der Waals surface area contributed by atoms with Crippen LogP contribution in [0.5, 0.6) is 0 Å². The molecule has 5 unspecified atom stereocenters. The molecular formula is C23H35N. The molecule has 0 saturated heterocycles. The van der Waals surface area contributed by atoms with Crippen LogP contribution in [0.1, 0.15) is 79.6 Å². The summed E-state index contributed by atoms with van der Waals surface area (Å²) in [6.07, 6.45) is 13.3. The molecular weight excluding hydrogens is 290 g/mol. The predicted octanol–water partition coefficient (Wildman–Crippen LogP) is 6.67. The van der Waals surface area contributed by atoms with Crippen LogP contribution in [0.3, 0.4) is 0 Å². The zero-order valence-corrected chi connectivity index (χ0v) is 16.4. The van der Waals surface area contributed by atoms with Crippen LogP contribution in [-0.4, -0.2) is 0 Å². The summed E-state index contributed by atoms with van der Waals surface area (Å²) in [6, 6.07) is 2.33. The average Bonchev–Trinajstić information content (AvgIpc) is 2.84. The first kappa shape index (κ1) is 17.8. The Labute approximate surface area is 149 Å². The molecule has 2 fully saturated rings. The van der Waals surface area contributed by atoms with Crippen molar-refractivity contribution in [3.63, 3.8) is 0 Å². The number of hydrogen-bond donors (Lipinski definition) is 0. The SMILES string of the molecule is CCCC1(C)C(CC)=CCC2C1[C@@H](C)CC1(C)/C(=C\C#N)CCC21. The number of nitriles is 1. The summed E-state index contributed by atoms with van der Waals surface area (Å²) in [5.74, 6) is 3.18. The monoisotopic (exact) mass is 325 g/mol. The van der Waals surface area contributed by atoms with Crippen LogP contribution in [-0.2, 0) is 0 Å². The van der Waals surface area contributed by atoms with Crippen LogP contribution in [0.15, 0.2) is 23.3 Å². The topological polar surface area (TPSA) is 23.8 Å². The quantitative estimate of drug-likeness (QED) is 0.420. The maximum Gasteiger partial charge on any atom is 0.0911 e. The van der Waals surface area contributed by atoms with Crippen molar-refractivity contribution in [1.29, 1.82) is 5.26 Å². The first-order valence-corrected chi connectivity index (χ1v) is 10.2. The summed E-state index contributed by atoms with van der Waals surface area (Å²) in [4.78, 5) is 0. The molecule has 0 amide bonds. The van der Waals surface area contributed by atoms with Crippen LogP contribution in [0.25, 0.3) is 0 Å². The van der Waals surface area contributed by atoms with Crippen LogP contribution < -0.4 is 0 Å². The highest BCUT2D eigenvalue weighted by molar-refractivity contribution is 5.31. The lowest BCUT2D eigenvalue weighted by Gasteiger charge is -2.58. The summed E-state index contributed by atoms with van der Waals surface area (Å²) >= 11 is 0. The Hall–Kier alpha value is -1.03. The third-order valence-corrected chi connectivity index (χ3v) is 8.11. The van der Waals surface area contributed by atoms with Gasteiger partial charge in [-0.3, -0.25) is 0 Å². The maximum atomic E-state index is 9.21. The molecule has 0 heterocycles. The van der Waals surface area contributed by atoms with E-state index in [1.165, 1.54) is 44.1 Å². The average molecular weight is 326 g/mol. The first-order chi connectivity index (χ1) is 11.4. The molecule has 6 atom stereocenters. The standard InChI is InChI=1S/C23H35N/c1-6-13-22(4)17(7-2)8-10-19-20-11-9-18(12-14-24)23(20,5)15-16(3)21(19)22/h8,12,16,19-21H,6-7,9-11,13,15H2,1-5H3/b18-12-/t16-,19?,20?,21?,22?,23?/m0/s1. The summed E-state index contributed by atoms with van der Waals surface area (Å²) in [6.45, 7) is 12.2. The Bertz CT molecular complexity index is 592. The zero-order valence-electron chi connectivity index (χ0n) is 16.4. The van der Waals surface area contributed by atoms with Gasteiger partial charge < -0.3 is 0 Å². The number of nitrogens with zero attached hydrogens (tertiary/aromatic N) is 1. The van der Waals surface area contributed by atoms with Crippen molar-refractivity contribution in [2.75, 3.05) is 0 Å². The van der Waals surface area contributed by atoms with Gasteiger partial charge >= 0.3 is 0 Å². The minimum absolute atomic E-state index is 0.279. The molecule has 0 aromatic rings. The van der Waals surface area contributed by atoms with Crippen LogP contribution in [0.2, 0.25) is 0 Å². The smallest absolute Gasteiger partial charge is 0.0911 e. The van der Waals surface area contributed by atoms with E-state index in [2.05, 4.69) is 46.8 Å². The van der Waals surface area contributed by atoms with Gasteiger partial charge in [-0.25, -0.2) is 0 Å². The van der Waals surface area contributed by atoms with Gasteiger partial charge in [-0.05, 0) is 73.0 Å². The molecule has 3 aliphatic carbocycles. The number of allylic oxidation sites excluding steroid dienone is 4. The Kier molecular flexibility index (Phi) is 4.71. The van der Waals surface area contributed by atoms with Crippen molar-refractivity contribution in [2.45, 2.75) is 79.6 Å². The van der Waals surface area contributed by atoms with Crippen LogP contribution in [0, 0.1) is 45.8 Å². The van der Waals surface area contributed by atoms with Gasteiger partial charge in [0.15, 0.2) is 0 Å². The van der Waals surface area contributed by atoms with Gasteiger partial charge in [0.1, 0.15) is 0 Å². The van der Waals surface area contributed by atoms with E-state index in [0.29, 0.717) is 5.41 Å². The lowest BCUT2D eigenvalue weighted by atomic mass is 9.46. The molecule has 3 aliphatic rings. The molecule has 2 saturated carbocycles. The number of fused-ring (bicyclic) bond motifs is 3. The van der Waals surface area contributed by atoms with Crippen molar-refractivity contribution in [3.05, 3.63) is 23.3 Å². The van der Waals surface area contributed by atoms with E-state index >= 15 is 0 Å². The fraction of sp³-hybridized carbons (Fsp3) is 0.783. The van der Waals surface area contributed by atoms with E-state index in [9.17, 15) is 5.26 Å². The molecule has 0 aromatic carbocycles. The minimum atomic E-state index is 0.279. The second-order valence-corrected chi connectivity index (χ2v) is 9.22. The zero-order chi connectivity index (χ0) is 17.5. The highest BCUT2D eigenvalue weighted by Crippen LogP contribution is 2.66. The van der Waals surface area contributed by atoms with Crippen LogP contribution in [0.4, 0.5) is 0 Å². The molecule has 0 radical (unpaired) electrons. The number of rotatable bonds is 3. The van der Waals surface area contributed by atoms with Gasteiger partial charge in [-0.15, -0.1) is 0 Å². The van der Waals surface area contributed by atoms with Crippen LogP contribution >= 0.6 is 0 Å². The van der Waals surface area contributed by atoms with Crippen molar-refractivity contribution in [2.24, 2.45) is 34.5 Å². The first-order valence-electron chi connectivity index (χ1n) is 10.2. The van der Waals surface area contributed by atoms with E-state index in [-0.39, 0.29) is 5.41 Å². The van der Waals surface area contributed by atoms with E-state index in [1.54, 1.807) is 5.57 Å². The van der Waals surface area contributed by atoms with Gasteiger partial charge in [-0.1, -0.05) is 58.3 Å². The molecule has 24 heavy (non-hydrogen) atoms. The Balaban J connectivity index is 2.03. The normalized spacial score (nSPS) is 46.2. The lowest BCUT2D eigenvalue weighted by Crippen LogP contribution is -2.51. The van der Waals surface area contributed by atoms with E-state index < -0.39 is 0 Å². The third kappa shape index (κ3) is 2.40. The van der Waals surface area contributed by atoms with E-state index in [1.807, 2.05) is 6.08 Å². The molecule has 1 nitrogen and oxygen atoms in total. The number of hydrogen-bond acceptors (Lipinski definition) is 1. The summed E-state index contributed by atoms with van der Waals surface area (Å²) in [5, 5.41) is 9.21. The second-order valence-electron chi connectivity index (χ2n) is 9.22. The lowest BCUT2D eigenvalue weighted by molar-refractivity contribution is -0.0472. The van der Waals surface area contributed by atoms with Gasteiger partial charge in [0, 0.05) is 6.08 Å². The van der Waals surface area contributed by atoms with E-state index in [4.69, 9.17) is 0 Å². The van der Waals surface area contributed by atoms with Gasteiger partial charge in [0.2, 0.25) is 0 Å². The minimum Gasteiger partial charge on any atom is -0.193 e.